The van der Waals surface area contributed by atoms with Gasteiger partial charge in [0.05, 0.1) is 10.9 Å². The monoisotopic (exact) mass is 335 g/mol. The quantitative estimate of drug-likeness (QED) is 0.830. The molecule has 118 valence electrons. The number of hydrogen-bond donors (Lipinski definition) is 0. The summed E-state index contributed by atoms with van der Waals surface area (Å²) in [6, 6.07) is 11.4. The van der Waals surface area contributed by atoms with E-state index in [2.05, 4.69) is 13.8 Å². The average molecular weight is 335 g/mol. The minimum atomic E-state index is -3.42. The first kappa shape index (κ1) is 15.7. The Bertz CT molecular complexity index is 719. The second-order valence-corrected chi connectivity index (χ2v) is 8.88. The van der Waals surface area contributed by atoms with Gasteiger partial charge < -0.3 is 0 Å². The van der Waals surface area contributed by atoms with Crippen molar-refractivity contribution in [3.63, 3.8) is 0 Å². The van der Waals surface area contributed by atoms with Gasteiger partial charge in [0.15, 0.2) is 0 Å². The van der Waals surface area contributed by atoms with Crippen molar-refractivity contribution in [2.24, 2.45) is 0 Å². The molecule has 3 rings (SSSR count). The van der Waals surface area contributed by atoms with Crippen molar-refractivity contribution >= 4 is 21.4 Å². The largest absolute Gasteiger partial charge is 0.243 e. The Hall–Kier alpha value is -1.17. The van der Waals surface area contributed by atoms with Crippen LogP contribution in [-0.4, -0.2) is 19.3 Å². The SMILES string of the molecule is CC(C)c1ccc(S(=O)(=O)N2CCC[C@@H]2c2cccs2)cc1. The van der Waals surface area contributed by atoms with E-state index in [1.54, 1.807) is 27.8 Å². The minimum Gasteiger partial charge on any atom is -0.207 e. The molecule has 1 atom stereocenters. The Morgan fingerprint density at radius 3 is 2.50 bits per heavy atom. The number of sulfonamides is 1. The molecule has 1 aliphatic rings. The second kappa shape index (κ2) is 6.14. The zero-order chi connectivity index (χ0) is 15.7. The van der Waals surface area contributed by atoms with E-state index >= 15 is 0 Å². The highest BCUT2D eigenvalue weighted by Crippen LogP contribution is 2.38. The first-order valence-corrected chi connectivity index (χ1v) is 9.97. The van der Waals surface area contributed by atoms with E-state index < -0.39 is 10.0 Å². The van der Waals surface area contributed by atoms with Crippen molar-refractivity contribution in [3.8, 4) is 0 Å². The zero-order valence-corrected chi connectivity index (χ0v) is 14.5. The molecule has 1 aromatic carbocycles. The Labute approximate surface area is 136 Å². The molecule has 22 heavy (non-hydrogen) atoms. The predicted octanol–water partition coefficient (Wildman–Crippen LogP) is 4.40. The molecular weight excluding hydrogens is 314 g/mol. The van der Waals surface area contributed by atoms with Crippen LogP contribution in [0.5, 0.6) is 0 Å². The molecule has 5 heteroatoms. The van der Waals surface area contributed by atoms with Gasteiger partial charge in [-0.1, -0.05) is 32.0 Å². The highest BCUT2D eigenvalue weighted by atomic mass is 32.2. The molecule has 3 nitrogen and oxygen atoms in total. The topological polar surface area (TPSA) is 37.4 Å². The Balaban J connectivity index is 1.91. The lowest BCUT2D eigenvalue weighted by Crippen LogP contribution is -2.30. The van der Waals surface area contributed by atoms with Crippen LogP contribution in [0.25, 0.3) is 0 Å². The van der Waals surface area contributed by atoms with E-state index in [4.69, 9.17) is 0 Å². The molecule has 2 heterocycles. The molecule has 0 amide bonds. The molecule has 0 spiro atoms. The van der Waals surface area contributed by atoms with Crippen LogP contribution in [0, 0.1) is 0 Å². The van der Waals surface area contributed by atoms with Crippen LogP contribution in [0.3, 0.4) is 0 Å². The summed E-state index contributed by atoms with van der Waals surface area (Å²) in [6.45, 7) is 4.82. The Morgan fingerprint density at radius 1 is 1.18 bits per heavy atom. The highest BCUT2D eigenvalue weighted by Gasteiger charge is 2.36. The van der Waals surface area contributed by atoms with Gasteiger partial charge >= 0.3 is 0 Å². The number of hydrogen-bond acceptors (Lipinski definition) is 3. The third-order valence-corrected chi connectivity index (χ3v) is 7.12. The highest BCUT2D eigenvalue weighted by molar-refractivity contribution is 7.89. The Morgan fingerprint density at radius 2 is 1.91 bits per heavy atom. The van der Waals surface area contributed by atoms with E-state index in [9.17, 15) is 8.42 Å². The third kappa shape index (κ3) is 2.85. The van der Waals surface area contributed by atoms with E-state index in [0.29, 0.717) is 17.4 Å². The van der Waals surface area contributed by atoms with Gasteiger partial charge in [0.1, 0.15) is 0 Å². The molecule has 1 saturated heterocycles. The fourth-order valence-electron chi connectivity index (χ4n) is 2.95. The standard InChI is InChI=1S/C17H21NO2S2/c1-13(2)14-7-9-15(10-8-14)22(19,20)18-11-3-5-16(18)17-6-4-12-21-17/h4,6-10,12-13,16H,3,5,11H2,1-2H3/t16-/m1/s1. The summed E-state index contributed by atoms with van der Waals surface area (Å²) in [4.78, 5) is 1.54. The fraction of sp³-hybridized carbons (Fsp3) is 0.412. The van der Waals surface area contributed by atoms with Crippen LogP contribution in [0.15, 0.2) is 46.7 Å². The summed E-state index contributed by atoms with van der Waals surface area (Å²) in [5.41, 5.74) is 1.16. The van der Waals surface area contributed by atoms with E-state index in [-0.39, 0.29) is 6.04 Å². The van der Waals surface area contributed by atoms with E-state index in [1.807, 2.05) is 29.6 Å². The lowest BCUT2D eigenvalue weighted by Gasteiger charge is -2.23. The van der Waals surface area contributed by atoms with Crippen molar-refractivity contribution < 1.29 is 8.42 Å². The molecule has 0 saturated carbocycles. The maximum Gasteiger partial charge on any atom is 0.243 e. The van der Waals surface area contributed by atoms with Crippen LogP contribution in [0.2, 0.25) is 0 Å². The van der Waals surface area contributed by atoms with Gasteiger partial charge in [-0.05, 0) is 47.9 Å². The molecule has 0 unspecified atom stereocenters. The fourth-order valence-corrected chi connectivity index (χ4v) is 5.57. The average Bonchev–Trinajstić information content (AvgIpc) is 3.18. The van der Waals surface area contributed by atoms with Gasteiger partial charge in [-0.25, -0.2) is 8.42 Å². The molecular formula is C17H21NO2S2. The molecule has 1 aromatic heterocycles. The summed E-state index contributed by atoms with van der Waals surface area (Å²) in [6.07, 6.45) is 1.83. The molecule has 1 fully saturated rings. The summed E-state index contributed by atoms with van der Waals surface area (Å²) >= 11 is 1.64. The van der Waals surface area contributed by atoms with Crippen molar-refractivity contribution in [3.05, 3.63) is 52.2 Å². The van der Waals surface area contributed by atoms with Gasteiger partial charge in [0, 0.05) is 11.4 Å². The smallest absolute Gasteiger partial charge is 0.207 e. The van der Waals surface area contributed by atoms with Crippen molar-refractivity contribution in [1.29, 1.82) is 0 Å². The molecule has 0 radical (unpaired) electrons. The number of rotatable bonds is 4. The third-order valence-electron chi connectivity index (χ3n) is 4.23. The minimum absolute atomic E-state index is 0.00484. The van der Waals surface area contributed by atoms with Crippen molar-refractivity contribution in [2.75, 3.05) is 6.54 Å². The van der Waals surface area contributed by atoms with Gasteiger partial charge in [-0.15, -0.1) is 11.3 Å². The maximum absolute atomic E-state index is 13.0. The summed E-state index contributed by atoms with van der Waals surface area (Å²) in [7, 11) is -3.42. The molecule has 0 bridgehead atoms. The lowest BCUT2D eigenvalue weighted by atomic mass is 10.0. The summed E-state index contributed by atoms with van der Waals surface area (Å²) in [5.74, 6) is 0.405. The normalized spacial score (nSPS) is 19.9. The first-order valence-electron chi connectivity index (χ1n) is 7.65. The van der Waals surface area contributed by atoms with Crippen molar-refractivity contribution in [2.45, 2.75) is 43.5 Å². The second-order valence-electron chi connectivity index (χ2n) is 6.01. The summed E-state index contributed by atoms with van der Waals surface area (Å²) < 4.78 is 27.6. The molecule has 0 aliphatic carbocycles. The van der Waals surface area contributed by atoms with Gasteiger partial charge in [-0.2, -0.15) is 4.31 Å². The lowest BCUT2D eigenvalue weighted by molar-refractivity contribution is 0.401. The summed E-state index contributed by atoms with van der Waals surface area (Å²) in [5, 5.41) is 2.01. The van der Waals surface area contributed by atoms with E-state index in [1.165, 1.54) is 0 Å². The number of benzene rings is 1. The van der Waals surface area contributed by atoms with Crippen molar-refractivity contribution in [1.82, 2.24) is 4.31 Å². The van der Waals surface area contributed by atoms with Crippen LogP contribution < -0.4 is 0 Å². The Kier molecular flexibility index (Phi) is 4.39. The van der Waals surface area contributed by atoms with Gasteiger partial charge in [0.25, 0.3) is 0 Å². The van der Waals surface area contributed by atoms with Gasteiger partial charge in [-0.3, -0.25) is 0 Å². The van der Waals surface area contributed by atoms with Crippen LogP contribution in [0.4, 0.5) is 0 Å². The van der Waals surface area contributed by atoms with Gasteiger partial charge in [0.2, 0.25) is 10.0 Å². The number of nitrogens with zero attached hydrogens (tertiary/aromatic N) is 1. The maximum atomic E-state index is 13.0. The molecule has 0 N–H and O–H groups in total. The van der Waals surface area contributed by atoms with Crippen LogP contribution in [-0.2, 0) is 10.0 Å². The first-order chi connectivity index (χ1) is 10.5. The molecule has 1 aliphatic heterocycles. The zero-order valence-electron chi connectivity index (χ0n) is 12.9. The van der Waals surface area contributed by atoms with E-state index in [0.717, 1.165) is 23.3 Å². The number of thiophene rings is 1. The van der Waals surface area contributed by atoms with Crippen LogP contribution in [0.1, 0.15) is 49.1 Å². The molecule has 2 aromatic rings. The predicted molar refractivity (Wildman–Crippen MR) is 90.7 cm³/mol. The van der Waals surface area contributed by atoms with Crippen LogP contribution >= 0.6 is 11.3 Å².